The van der Waals surface area contributed by atoms with Crippen LogP contribution in [-0.2, 0) is 6.42 Å². The number of para-hydroxylation sites is 1. The van der Waals surface area contributed by atoms with Gasteiger partial charge in [0.2, 0.25) is 11.3 Å². The van der Waals surface area contributed by atoms with Gasteiger partial charge in [-0.2, -0.15) is 0 Å². The van der Waals surface area contributed by atoms with E-state index in [-0.39, 0.29) is 11.5 Å². The summed E-state index contributed by atoms with van der Waals surface area (Å²) in [7, 11) is 0. The van der Waals surface area contributed by atoms with Gasteiger partial charge >= 0.3 is 0 Å². The summed E-state index contributed by atoms with van der Waals surface area (Å²) in [6.45, 7) is 2.03. The summed E-state index contributed by atoms with van der Waals surface area (Å²) in [4.78, 5) is 8.85. The smallest absolute Gasteiger partial charge is 0.245 e. The van der Waals surface area contributed by atoms with Crippen molar-refractivity contribution in [3.63, 3.8) is 0 Å². The maximum Gasteiger partial charge on any atom is 0.245 e. The summed E-state index contributed by atoms with van der Waals surface area (Å²) >= 11 is 0. The molecule has 0 unspecified atom stereocenters. The largest absolute Gasteiger partial charge is 0.336 e. The predicted octanol–water partition coefficient (Wildman–Crippen LogP) is 3.79. The van der Waals surface area contributed by atoms with Crippen molar-refractivity contribution >= 4 is 22.8 Å². The molecule has 0 aliphatic heterocycles. The fourth-order valence-corrected chi connectivity index (χ4v) is 2.60. The molecule has 2 heterocycles. The second kappa shape index (κ2) is 6.27. The number of halogens is 1. The second-order valence-corrected chi connectivity index (χ2v) is 5.70. The number of rotatable bonds is 4. The SMILES string of the molecule is Cc1cccc(Cc2nc3nonc3nc2Nc2ccccc2F)c1. The minimum absolute atomic E-state index is 0.270. The number of fused-ring (bicyclic) bond motifs is 1. The van der Waals surface area contributed by atoms with Crippen LogP contribution in [0.4, 0.5) is 15.9 Å². The van der Waals surface area contributed by atoms with E-state index in [1.165, 1.54) is 6.07 Å². The molecule has 0 atom stereocenters. The first-order valence-electron chi connectivity index (χ1n) is 7.75. The van der Waals surface area contributed by atoms with E-state index in [2.05, 4.69) is 31.7 Å². The monoisotopic (exact) mass is 335 g/mol. The van der Waals surface area contributed by atoms with E-state index < -0.39 is 0 Å². The molecule has 0 aliphatic carbocycles. The molecule has 2 aromatic heterocycles. The zero-order valence-electron chi connectivity index (χ0n) is 13.4. The summed E-state index contributed by atoms with van der Waals surface area (Å²) in [6, 6.07) is 14.5. The van der Waals surface area contributed by atoms with Crippen LogP contribution >= 0.6 is 0 Å². The molecule has 0 radical (unpaired) electrons. The lowest BCUT2D eigenvalue weighted by Gasteiger charge is -2.11. The van der Waals surface area contributed by atoms with Gasteiger partial charge in [-0.05, 0) is 34.9 Å². The lowest BCUT2D eigenvalue weighted by Crippen LogP contribution is -2.05. The summed E-state index contributed by atoms with van der Waals surface area (Å²) in [6.07, 6.45) is 0.522. The number of aryl methyl sites for hydroxylation is 1. The van der Waals surface area contributed by atoms with Crippen LogP contribution in [-0.4, -0.2) is 20.3 Å². The van der Waals surface area contributed by atoms with Gasteiger partial charge in [-0.25, -0.2) is 19.0 Å². The molecular weight excluding hydrogens is 321 g/mol. The Labute approximate surface area is 142 Å². The van der Waals surface area contributed by atoms with Gasteiger partial charge in [-0.3, -0.25) is 0 Å². The van der Waals surface area contributed by atoms with Crippen molar-refractivity contribution in [3.05, 3.63) is 71.2 Å². The van der Waals surface area contributed by atoms with Gasteiger partial charge in [0.15, 0.2) is 5.82 Å². The Balaban J connectivity index is 1.77. The van der Waals surface area contributed by atoms with Crippen LogP contribution in [0.2, 0.25) is 0 Å². The van der Waals surface area contributed by atoms with E-state index in [1.54, 1.807) is 18.2 Å². The van der Waals surface area contributed by atoms with Crippen molar-refractivity contribution in [3.8, 4) is 0 Å². The zero-order valence-corrected chi connectivity index (χ0v) is 13.4. The van der Waals surface area contributed by atoms with Crippen LogP contribution in [0.15, 0.2) is 53.2 Å². The number of benzene rings is 2. The molecule has 0 saturated carbocycles. The first kappa shape index (κ1) is 15.2. The molecule has 25 heavy (non-hydrogen) atoms. The molecule has 7 heteroatoms. The third kappa shape index (κ3) is 3.16. The molecule has 4 rings (SSSR count). The Kier molecular flexibility index (Phi) is 3.81. The Morgan fingerprint density at radius 1 is 1.00 bits per heavy atom. The number of nitrogens with one attached hydrogen (secondary N) is 1. The third-order valence-corrected chi connectivity index (χ3v) is 3.77. The Bertz CT molecular complexity index is 1050. The lowest BCUT2D eigenvalue weighted by molar-refractivity contribution is 0.314. The molecular formula is C18H14FN5O. The van der Waals surface area contributed by atoms with Crippen molar-refractivity contribution in [2.24, 2.45) is 0 Å². The fourth-order valence-electron chi connectivity index (χ4n) is 2.60. The van der Waals surface area contributed by atoms with Gasteiger partial charge in [0.1, 0.15) is 5.82 Å². The van der Waals surface area contributed by atoms with Gasteiger partial charge in [-0.15, -0.1) is 0 Å². The number of anilines is 2. The molecule has 0 spiro atoms. The minimum atomic E-state index is -0.371. The predicted molar refractivity (Wildman–Crippen MR) is 91.1 cm³/mol. The Morgan fingerprint density at radius 3 is 2.60 bits per heavy atom. The average Bonchev–Trinajstić information content (AvgIpc) is 3.04. The van der Waals surface area contributed by atoms with Crippen LogP contribution in [0.1, 0.15) is 16.8 Å². The van der Waals surface area contributed by atoms with Crippen LogP contribution in [0.5, 0.6) is 0 Å². The van der Waals surface area contributed by atoms with E-state index in [0.29, 0.717) is 29.3 Å². The molecule has 1 N–H and O–H groups in total. The average molecular weight is 335 g/mol. The molecule has 6 nitrogen and oxygen atoms in total. The third-order valence-electron chi connectivity index (χ3n) is 3.77. The van der Waals surface area contributed by atoms with Crippen LogP contribution in [0.3, 0.4) is 0 Å². The zero-order chi connectivity index (χ0) is 17.2. The number of hydrogen-bond acceptors (Lipinski definition) is 6. The molecule has 0 saturated heterocycles. The van der Waals surface area contributed by atoms with Gasteiger partial charge in [0.05, 0.1) is 11.4 Å². The highest BCUT2D eigenvalue weighted by Crippen LogP contribution is 2.24. The van der Waals surface area contributed by atoms with Crippen LogP contribution in [0, 0.1) is 12.7 Å². The van der Waals surface area contributed by atoms with Gasteiger partial charge < -0.3 is 5.32 Å². The number of hydrogen-bond donors (Lipinski definition) is 1. The van der Waals surface area contributed by atoms with E-state index in [9.17, 15) is 4.39 Å². The first-order valence-corrected chi connectivity index (χ1v) is 7.75. The molecule has 4 aromatic rings. The van der Waals surface area contributed by atoms with Gasteiger partial charge in [0, 0.05) is 6.42 Å². The van der Waals surface area contributed by atoms with E-state index >= 15 is 0 Å². The lowest BCUT2D eigenvalue weighted by atomic mass is 10.1. The van der Waals surface area contributed by atoms with Crippen LogP contribution in [0.25, 0.3) is 11.3 Å². The highest BCUT2D eigenvalue weighted by atomic mass is 19.1. The number of aromatic nitrogens is 4. The molecule has 124 valence electrons. The van der Waals surface area contributed by atoms with Crippen molar-refractivity contribution in [2.45, 2.75) is 13.3 Å². The summed E-state index contributed by atoms with van der Waals surface area (Å²) in [5.41, 5.74) is 3.77. The molecule has 0 amide bonds. The summed E-state index contributed by atoms with van der Waals surface area (Å²) in [5, 5.41) is 10.5. The first-order chi connectivity index (χ1) is 12.2. The maximum atomic E-state index is 14.0. The van der Waals surface area contributed by atoms with E-state index in [4.69, 9.17) is 4.63 Å². The van der Waals surface area contributed by atoms with E-state index in [1.807, 2.05) is 25.1 Å². The molecule has 0 bridgehead atoms. The highest BCUT2D eigenvalue weighted by Gasteiger charge is 2.14. The van der Waals surface area contributed by atoms with Crippen molar-refractivity contribution < 1.29 is 9.02 Å². The van der Waals surface area contributed by atoms with Crippen molar-refractivity contribution in [1.29, 1.82) is 0 Å². The summed E-state index contributed by atoms with van der Waals surface area (Å²) < 4.78 is 18.7. The topological polar surface area (TPSA) is 76.7 Å². The van der Waals surface area contributed by atoms with Crippen molar-refractivity contribution in [2.75, 3.05) is 5.32 Å². The normalized spacial score (nSPS) is 11.0. The van der Waals surface area contributed by atoms with Gasteiger partial charge in [0.25, 0.3) is 0 Å². The Hall–Kier alpha value is -3.35. The van der Waals surface area contributed by atoms with E-state index in [0.717, 1.165) is 11.1 Å². The quantitative estimate of drug-likeness (QED) is 0.611. The highest BCUT2D eigenvalue weighted by molar-refractivity contribution is 5.69. The second-order valence-electron chi connectivity index (χ2n) is 5.70. The van der Waals surface area contributed by atoms with Crippen LogP contribution < -0.4 is 5.32 Å². The fraction of sp³-hybridized carbons (Fsp3) is 0.111. The van der Waals surface area contributed by atoms with Gasteiger partial charge in [-0.1, -0.05) is 42.0 Å². The molecule has 0 aliphatic rings. The Morgan fingerprint density at radius 2 is 1.80 bits per heavy atom. The standard InChI is InChI=1S/C18H14FN5O/c1-11-5-4-6-12(9-11)10-15-16(20-14-8-3-2-7-13(14)19)22-18-17(21-15)23-25-24-18/h2-9H,10H2,1H3,(H,20,22,24). The minimum Gasteiger partial charge on any atom is -0.336 e. The van der Waals surface area contributed by atoms with Crippen molar-refractivity contribution in [1.82, 2.24) is 20.3 Å². The molecule has 0 fully saturated rings. The maximum absolute atomic E-state index is 14.0. The molecule has 2 aromatic carbocycles. The number of nitrogens with zero attached hydrogens (tertiary/aromatic N) is 4. The summed E-state index contributed by atoms with van der Waals surface area (Å²) in [5.74, 6) is 0.0546.